The fourth-order valence-corrected chi connectivity index (χ4v) is 5.04. The van der Waals surface area contributed by atoms with E-state index < -0.39 is 6.04 Å². The lowest BCUT2D eigenvalue weighted by Gasteiger charge is -2.18. The zero-order valence-corrected chi connectivity index (χ0v) is 22.4. The van der Waals surface area contributed by atoms with E-state index >= 15 is 0 Å². The van der Waals surface area contributed by atoms with Crippen molar-refractivity contribution < 1.29 is 24.1 Å². The van der Waals surface area contributed by atoms with Gasteiger partial charge in [0.2, 0.25) is 5.75 Å². The average Bonchev–Trinajstić information content (AvgIpc) is 3.39. The van der Waals surface area contributed by atoms with Gasteiger partial charge in [0, 0.05) is 28.0 Å². The molecule has 3 aromatic carbocycles. The Bertz CT molecular complexity index is 1630. The number of fused-ring (bicyclic) bond motifs is 2. The minimum Gasteiger partial charge on any atom is -0.493 e. The number of pyridine rings is 1. The summed E-state index contributed by atoms with van der Waals surface area (Å²) in [5, 5.41) is 15.1. The summed E-state index contributed by atoms with van der Waals surface area (Å²) in [6.45, 7) is 1.85. The predicted molar refractivity (Wildman–Crippen MR) is 152 cm³/mol. The molecule has 0 radical (unpaired) electrons. The van der Waals surface area contributed by atoms with E-state index in [1.165, 1.54) is 0 Å². The first-order valence-electron chi connectivity index (χ1n) is 12.6. The highest BCUT2D eigenvalue weighted by Crippen LogP contribution is 2.41. The van der Waals surface area contributed by atoms with Crippen molar-refractivity contribution in [2.24, 2.45) is 0 Å². The molecule has 0 aliphatic rings. The first-order valence-corrected chi connectivity index (χ1v) is 12.6. The fourth-order valence-electron chi connectivity index (χ4n) is 5.04. The molecular formula is C31H31N3O5. The van der Waals surface area contributed by atoms with Crippen molar-refractivity contribution in [2.45, 2.75) is 19.4 Å². The number of nitrogens with one attached hydrogen (secondary N) is 2. The third-order valence-electron chi connectivity index (χ3n) is 6.94. The Kier molecular flexibility index (Phi) is 7.38. The number of carbonyl (C=O) groups is 1. The van der Waals surface area contributed by atoms with Crippen LogP contribution in [0.15, 0.2) is 66.9 Å². The Labute approximate surface area is 226 Å². The smallest absolute Gasteiger partial charge is 0.252 e. The highest BCUT2D eigenvalue weighted by atomic mass is 16.5. The highest BCUT2D eigenvalue weighted by molar-refractivity contribution is 6.07. The van der Waals surface area contributed by atoms with E-state index in [4.69, 9.17) is 19.2 Å². The normalized spacial score (nSPS) is 11.9. The number of methoxy groups -OCH3 is 3. The summed E-state index contributed by atoms with van der Waals surface area (Å²) in [6, 6.07) is 18.4. The number of nitrogens with zero attached hydrogens (tertiary/aromatic N) is 1. The van der Waals surface area contributed by atoms with Crippen molar-refractivity contribution in [3.05, 3.63) is 83.6 Å². The van der Waals surface area contributed by atoms with Gasteiger partial charge in [0.05, 0.1) is 50.8 Å². The van der Waals surface area contributed by atoms with Crippen LogP contribution in [0.1, 0.15) is 21.5 Å². The van der Waals surface area contributed by atoms with Crippen molar-refractivity contribution in [3.8, 4) is 28.5 Å². The quantitative estimate of drug-likeness (QED) is 0.249. The van der Waals surface area contributed by atoms with Crippen molar-refractivity contribution >= 4 is 27.7 Å². The number of aromatic amines is 1. The number of para-hydroxylation sites is 1. The van der Waals surface area contributed by atoms with Gasteiger partial charge in [-0.3, -0.25) is 4.79 Å². The van der Waals surface area contributed by atoms with Crippen LogP contribution in [0.25, 0.3) is 33.1 Å². The van der Waals surface area contributed by atoms with E-state index in [0.29, 0.717) is 51.4 Å². The Morgan fingerprint density at radius 3 is 2.44 bits per heavy atom. The van der Waals surface area contributed by atoms with Gasteiger partial charge in [-0.25, -0.2) is 4.98 Å². The van der Waals surface area contributed by atoms with Crippen molar-refractivity contribution in [2.75, 3.05) is 27.9 Å². The van der Waals surface area contributed by atoms with Crippen LogP contribution in [0.3, 0.4) is 0 Å². The van der Waals surface area contributed by atoms with Crippen LogP contribution in [0.2, 0.25) is 0 Å². The third kappa shape index (κ3) is 4.98. The molecular weight excluding hydrogens is 494 g/mol. The van der Waals surface area contributed by atoms with Gasteiger partial charge in [-0.2, -0.15) is 0 Å². The molecule has 1 unspecified atom stereocenters. The minimum absolute atomic E-state index is 0.201. The average molecular weight is 526 g/mol. The van der Waals surface area contributed by atoms with Gasteiger partial charge in [0.25, 0.3) is 5.91 Å². The van der Waals surface area contributed by atoms with Crippen LogP contribution < -0.4 is 19.5 Å². The summed E-state index contributed by atoms with van der Waals surface area (Å²) in [6.07, 6.45) is 2.42. The first-order chi connectivity index (χ1) is 19.0. The van der Waals surface area contributed by atoms with Gasteiger partial charge in [0.1, 0.15) is 0 Å². The molecule has 5 rings (SSSR count). The molecule has 8 nitrogen and oxygen atoms in total. The molecule has 2 aromatic heterocycles. The minimum atomic E-state index is -0.479. The Morgan fingerprint density at radius 1 is 1.00 bits per heavy atom. The van der Waals surface area contributed by atoms with Gasteiger partial charge < -0.3 is 29.6 Å². The monoisotopic (exact) mass is 525 g/mol. The number of H-pyrrole nitrogens is 1. The number of benzene rings is 3. The second-order valence-electron chi connectivity index (χ2n) is 9.35. The van der Waals surface area contributed by atoms with Crippen LogP contribution in [-0.2, 0) is 6.42 Å². The molecule has 8 heteroatoms. The van der Waals surface area contributed by atoms with Crippen LogP contribution >= 0.6 is 0 Å². The largest absolute Gasteiger partial charge is 0.493 e. The van der Waals surface area contributed by atoms with Crippen LogP contribution in [0, 0.1) is 6.92 Å². The lowest BCUT2D eigenvalue weighted by atomic mass is 10.0. The number of rotatable bonds is 9. The number of aliphatic hydroxyl groups excluding tert-OH is 1. The molecule has 0 spiro atoms. The Balaban J connectivity index is 1.52. The number of ether oxygens (including phenoxy) is 3. The maximum absolute atomic E-state index is 13.7. The lowest BCUT2D eigenvalue weighted by Crippen LogP contribution is -2.39. The van der Waals surface area contributed by atoms with E-state index in [0.717, 1.165) is 22.0 Å². The van der Waals surface area contributed by atoms with Crippen molar-refractivity contribution in [1.29, 1.82) is 0 Å². The molecule has 0 aliphatic heterocycles. The van der Waals surface area contributed by atoms with E-state index in [1.54, 1.807) is 39.5 Å². The van der Waals surface area contributed by atoms with Crippen molar-refractivity contribution in [3.63, 3.8) is 0 Å². The maximum Gasteiger partial charge on any atom is 0.252 e. The molecule has 2 heterocycles. The van der Waals surface area contributed by atoms with E-state index in [1.807, 2.05) is 42.6 Å². The van der Waals surface area contributed by atoms with Gasteiger partial charge in [-0.05, 0) is 54.8 Å². The highest BCUT2D eigenvalue weighted by Gasteiger charge is 2.21. The van der Waals surface area contributed by atoms with Gasteiger partial charge in [-0.15, -0.1) is 0 Å². The number of hydrogen-bond donors (Lipinski definition) is 3. The molecule has 39 heavy (non-hydrogen) atoms. The molecule has 1 amide bonds. The molecule has 0 saturated carbocycles. The fraction of sp³-hybridized carbons (Fsp3) is 0.226. The zero-order valence-electron chi connectivity index (χ0n) is 22.4. The summed E-state index contributed by atoms with van der Waals surface area (Å²) in [7, 11) is 4.65. The summed E-state index contributed by atoms with van der Waals surface area (Å²) < 4.78 is 16.5. The number of carbonyl (C=O) groups excluding carboxylic acids is 1. The van der Waals surface area contributed by atoms with Crippen LogP contribution in [0.4, 0.5) is 0 Å². The molecule has 1 atom stereocenters. The van der Waals surface area contributed by atoms with Gasteiger partial charge >= 0.3 is 0 Å². The molecule has 0 fully saturated rings. The number of amides is 1. The molecule has 0 saturated heterocycles. The Morgan fingerprint density at radius 2 is 1.74 bits per heavy atom. The number of hydrogen-bond acceptors (Lipinski definition) is 6. The van der Waals surface area contributed by atoms with Gasteiger partial charge in [-0.1, -0.05) is 30.3 Å². The molecule has 3 N–H and O–H groups in total. The SMILES string of the molecule is COc1cc(-c2cc(C(=O)NC(CO)Cc3c[nH]c4cccc(C)c34)c3ccccc3n2)cc(OC)c1OC. The maximum atomic E-state index is 13.7. The number of aromatic nitrogens is 2. The van der Waals surface area contributed by atoms with Crippen LogP contribution in [0.5, 0.6) is 17.2 Å². The van der Waals surface area contributed by atoms with Gasteiger partial charge in [0.15, 0.2) is 11.5 Å². The lowest BCUT2D eigenvalue weighted by molar-refractivity contribution is 0.0918. The Hall–Kier alpha value is -4.56. The van der Waals surface area contributed by atoms with Crippen LogP contribution in [-0.4, -0.2) is 55.0 Å². The topological polar surface area (TPSA) is 106 Å². The van der Waals surface area contributed by atoms with E-state index in [2.05, 4.69) is 23.3 Å². The van der Waals surface area contributed by atoms with Crippen molar-refractivity contribution in [1.82, 2.24) is 15.3 Å². The summed E-state index contributed by atoms with van der Waals surface area (Å²) in [5.74, 6) is 1.16. The predicted octanol–water partition coefficient (Wildman–Crippen LogP) is 5.05. The molecule has 0 aliphatic carbocycles. The number of aliphatic hydroxyl groups is 1. The van der Waals surface area contributed by atoms with E-state index in [-0.39, 0.29) is 12.5 Å². The third-order valence-corrected chi connectivity index (χ3v) is 6.94. The second-order valence-corrected chi connectivity index (χ2v) is 9.35. The molecule has 5 aromatic rings. The summed E-state index contributed by atoms with van der Waals surface area (Å²) in [4.78, 5) is 21.8. The second kappa shape index (κ2) is 11.0. The molecule has 0 bridgehead atoms. The standard InChI is InChI=1S/C31H31N3O5/c1-18-8-7-11-25-29(18)20(16-32-25)12-21(17-35)33-31(36)23-15-26(34-24-10-6-5-9-22(23)24)19-13-27(37-2)30(39-4)28(14-19)38-3/h5-11,13-16,21,32,35H,12,17H2,1-4H3,(H,33,36). The zero-order chi connectivity index (χ0) is 27.5. The summed E-state index contributed by atoms with van der Waals surface area (Å²) >= 11 is 0. The van der Waals surface area contributed by atoms with E-state index in [9.17, 15) is 9.90 Å². The summed E-state index contributed by atoms with van der Waals surface area (Å²) in [5.41, 5.74) is 5.62. The first kappa shape index (κ1) is 26.1. The number of aryl methyl sites for hydroxylation is 1. The molecule has 200 valence electrons.